The molecule has 0 saturated heterocycles. The summed E-state index contributed by atoms with van der Waals surface area (Å²) in [5, 5.41) is 16.3. The van der Waals surface area contributed by atoms with Crippen molar-refractivity contribution in [3.8, 4) is 11.9 Å². The SMILES string of the molecule is CCCc1[nH]nc2c1[C@H](c1ccc(F)cc1F)C(C#N)=C(N)O2. The van der Waals surface area contributed by atoms with Gasteiger partial charge >= 0.3 is 0 Å². The number of nitrogens with zero attached hydrogens (tertiary/aromatic N) is 2. The molecule has 23 heavy (non-hydrogen) atoms. The van der Waals surface area contributed by atoms with Gasteiger partial charge in [-0.1, -0.05) is 19.4 Å². The van der Waals surface area contributed by atoms with Crippen molar-refractivity contribution < 1.29 is 13.5 Å². The number of aromatic nitrogens is 2. The molecule has 0 amide bonds. The van der Waals surface area contributed by atoms with Crippen LogP contribution in [0.3, 0.4) is 0 Å². The molecule has 1 atom stereocenters. The maximum absolute atomic E-state index is 14.3. The number of nitrogens with two attached hydrogens (primary N) is 1. The third kappa shape index (κ3) is 2.42. The third-order valence-electron chi connectivity index (χ3n) is 3.79. The highest BCUT2D eigenvalue weighted by molar-refractivity contribution is 5.55. The van der Waals surface area contributed by atoms with E-state index in [-0.39, 0.29) is 22.9 Å². The van der Waals surface area contributed by atoms with Crippen molar-refractivity contribution in [3.05, 3.63) is 58.1 Å². The Morgan fingerprint density at radius 1 is 1.43 bits per heavy atom. The predicted octanol–water partition coefficient (Wildman–Crippen LogP) is 2.86. The monoisotopic (exact) mass is 316 g/mol. The van der Waals surface area contributed by atoms with Gasteiger partial charge in [0.2, 0.25) is 11.8 Å². The third-order valence-corrected chi connectivity index (χ3v) is 3.79. The first kappa shape index (κ1) is 15.0. The Hall–Kier alpha value is -2.88. The number of ether oxygens (including phenoxy) is 1. The van der Waals surface area contributed by atoms with Crippen LogP contribution in [0.25, 0.3) is 0 Å². The molecule has 1 aliphatic rings. The second-order valence-electron chi connectivity index (χ2n) is 5.26. The van der Waals surface area contributed by atoms with Crippen LogP contribution < -0.4 is 10.5 Å². The van der Waals surface area contributed by atoms with Crippen LogP contribution in [0.15, 0.2) is 29.7 Å². The minimum Gasteiger partial charge on any atom is -0.420 e. The van der Waals surface area contributed by atoms with Crippen molar-refractivity contribution in [1.82, 2.24) is 10.2 Å². The summed E-state index contributed by atoms with van der Waals surface area (Å²) in [6.07, 6.45) is 1.48. The van der Waals surface area contributed by atoms with Crippen LogP contribution in [0.2, 0.25) is 0 Å². The maximum Gasteiger partial charge on any atom is 0.244 e. The molecule has 0 spiro atoms. The summed E-state index contributed by atoms with van der Waals surface area (Å²) in [4.78, 5) is 0. The van der Waals surface area contributed by atoms with Gasteiger partial charge in [-0.05, 0) is 12.5 Å². The number of hydrogen-bond donors (Lipinski definition) is 2. The van der Waals surface area contributed by atoms with E-state index in [1.807, 2.05) is 13.0 Å². The topological polar surface area (TPSA) is 87.7 Å². The van der Waals surface area contributed by atoms with E-state index in [1.165, 1.54) is 6.07 Å². The summed E-state index contributed by atoms with van der Waals surface area (Å²) in [5.41, 5.74) is 7.35. The van der Waals surface area contributed by atoms with E-state index in [0.717, 1.165) is 24.2 Å². The van der Waals surface area contributed by atoms with Crippen LogP contribution in [0.5, 0.6) is 5.88 Å². The van der Waals surface area contributed by atoms with Gasteiger partial charge < -0.3 is 10.5 Å². The molecule has 1 aliphatic heterocycles. The number of nitrogens with one attached hydrogen (secondary N) is 1. The number of benzene rings is 1. The Morgan fingerprint density at radius 2 is 2.22 bits per heavy atom. The summed E-state index contributed by atoms with van der Waals surface area (Å²) >= 11 is 0. The zero-order valence-electron chi connectivity index (χ0n) is 12.4. The molecule has 5 nitrogen and oxygen atoms in total. The lowest BCUT2D eigenvalue weighted by molar-refractivity contribution is 0.377. The lowest BCUT2D eigenvalue weighted by Crippen LogP contribution is -2.22. The van der Waals surface area contributed by atoms with Gasteiger partial charge in [0.1, 0.15) is 23.3 Å². The molecule has 118 valence electrons. The number of aromatic amines is 1. The van der Waals surface area contributed by atoms with Gasteiger partial charge in [0, 0.05) is 17.3 Å². The lowest BCUT2D eigenvalue weighted by Gasteiger charge is -2.24. The molecule has 7 heteroatoms. The normalized spacial score (nSPS) is 16.7. The van der Waals surface area contributed by atoms with Gasteiger partial charge in [-0.15, -0.1) is 5.10 Å². The first-order chi connectivity index (χ1) is 11.1. The van der Waals surface area contributed by atoms with E-state index >= 15 is 0 Å². The Morgan fingerprint density at radius 3 is 2.87 bits per heavy atom. The van der Waals surface area contributed by atoms with Gasteiger partial charge in [0.25, 0.3) is 0 Å². The van der Waals surface area contributed by atoms with Gasteiger partial charge in [-0.25, -0.2) is 8.78 Å². The zero-order chi connectivity index (χ0) is 16.6. The summed E-state index contributed by atoms with van der Waals surface area (Å²) in [7, 11) is 0. The van der Waals surface area contributed by atoms with E-state index in [4.69, 9.17) is 10.5 Å². The van der Waals surface area contributed by atoms with Crippen LogP contribution in [-0.2, 0) is 6.42 Å². The van der Waals surface area contributed by atoms with Crippen LogP contribution in [0.1, 0.15) is 36.1 Å². The smallest absolute Gasteiger partial charge is 0.244 e. The van der Waals surface area contributed by atoms with Crippen molar-refractivity contribution in [3.63, 3.8) is 0 Å². The molecule has 0 saturated carbocycles. The molecule has 2 aromatic rings. The van der Waals surface area contributed by atoms with Gasteiger partial charge in [-0.2, -0.15) is 5.26 Å². The van der Waals surface area contributed by atoms with Gasteiger partial charge in [0.15, 0.2) is 0 Å². The second-order valence-corrected chi connectivity index (χ2v) is 5.26. The zero-order valence-corrected chi connectivity index (χ0v) is 12.4. The standard InChI is InChI=1S/C16H14F2N4O/c1-2-3-12-14-13(9-5-4-8(17)6-11(9)18)10(7-19)15(20)23-16(14)22-21-12/h4-6,13H,2-3,20H2,1H3,(H,21,22)/t13-/m1/s1. The fraction of sp³-hybridized carbons (Fsp3) is 0.250. The van der Waals surface area contributed by atoms with Crippen LogP contribution in [0.4, 0.5) is 8.78 Å². The number of nitriles is 1. The fourth-order valence-corrected chi connectivity index (χ4v) is 2.80. The van der Waals surface area contributed by atoms with Crippen molar-refractivity contribution in [2.75, 3.05) is 0 Å². The van der Waals surface area contributed by atoms with Crippen molar-refractivity contribution in [1.29, 1.82) is 5.26 Å². The molecule has 0 bridgehead atoms. The quantitative estimate of drug-likeness (QED) is 0.911. The Labute approximate surface area is 131 Å². The van der Waals surface area contributed by atoms with Crippen LogP contribution >= 0.6 is 0 Å². The highest BCUT2D eigenvalue weighted by atomic mass is 19.1. The molecule has 0 unspecified atom stereocenters. The molecule has 0 fully saturated rings. The van der Waals surface area contributed by atoms with E-state index in [9.17, 15) is 14.0 Å². The van der Waals surface area contributed by atoms with E-state index < -0.39 is 17.6 Å². The first-order valence-corrected chi connectivity index (χ1v) is 7.16. The number of halogens is 2. The average molecular weight is 316 g/mol. The highest BCUT2D eigenvalue weighted by Crippen LogP contribution is 2.43. The molecule has 1 aromatic carbocycles. The molecule has 3 N–H and O–H groups in total. The minimum atomic E-state index is -0.773. The summed E-state index contributed by atoms with van der Waals surface area (Å²) in [5.74, 6) is -2.10. The van der Waals surface area contributed by atoms with Crippen LogP contribution in [0, 0.1) is 23.0 Å². The molecule has 1 aromatic heterocycles. The van der Waals surface area contributed by atoms with Crippen molar-refractivity contribution in [2.45, 2.75) is 25.7 Å². The molecule has 0 radical (unpaired) electrons. The van der Waals surface area contributed by atoms with Crippen LogP contribution in [-0.4, -0.2) is 10.2 Å². The Kier molecular flexibility index (Phi) is 3.74. The van der Waals surface area contributed by atoms with Crippen molar-refractivity contribution in [2.24, 2.45) is 5.73 Å². The molecule has 3 rings (SSSR count). The van der Waals surface area contributed by atoms with E-state index in [1.54, 1.807) is 0 Å². The number of hydrogen-bond acceptors (Lipinski definition) is 4. The largest absolute Gasteiger partial charge is 0.420 e. The maximum atomic E-state index is 14.3. The predicted molar refractivity (Wildman–Crippen MR) is 78.2 cm³/mol. The molecular formula is C16H14F2N4O. The van der Waals surface area contributed by atoms with Gasteiger partial charge in [-0.3, -0.25) is 5.10 Å². The Balaban J connectivity index is 2.24. The number of fused-ring (bicyclic) bond motifs is 1. The van der Waals surface area contributed by atoms with Gasteiger partial charge in [0.05, 0.1) is 11.5 Å². The van der Waals surface area contributed by atoms with E-state index in [2.05, 4.69) is 10.2 Å². The fourth-order valence-electron chi connectivity index (χ4n) is 2.80. The summed E-state index contributed by atoms with van der Waals surface area (Å²) < 4.78 is 32.9. The molecular weight excluding hydrogens is 302 g/mol. The number of rotatable bonds is 3. The summed E-state index contributed by atoms with van der Waals surface area (Å²) in [6, 6.07) is 5.23. The lowest BCUT2D eigenvalue weighted by atomic mass is 9.83. The minimum absolute atomic E-state index is 0.0850. The molecule has 2 heterocycles. The molecule has 0 aliphatic carbocycles. The number of allylic oxidation sites excluding steroid dienone is 1. The number of aryl methyl sites for hydroxylation is 1. The Bertz CT molecular complexity index is 835. The second kappa shape index (κ2) is 5.72. The highest BCUT2D eigenvalue weighted by Gasteiger charge is 2.36. The summed E-state index contributed by atoms with van der Waals surface area (Å²) in [6.45, 7) is 1.99. The average Bonchev–Trinajstić information content (AvgIpc) is 2.89. The van der Waals surface area contributed by atoms with E-state index in [0.29, 0.717) is 12.0 Å². The number of H-pyrrole nitrogens is 1. The first-order valence-electron chi connectivity index (χ1n) is 7.16. The van der Waals surface area contributed by atoms with Crippen molar-refractivity contribution >= 4 is 0 Å².